The van der Waals surface area contributed by atoms with Crippen molar-refractivity contribution >= 4 is 38.6 Å². The van der Waals surface area contributed by atoms with Crippen molar-refractivity contribution in [1.29, 1.82) is 0 Å². The normalized spacial score (nSPS) is 11.2. The van der Waals surface area contributed by atoms with Gasteiger partial charge in [-0.3, -0.25) is 4.57 Å². The van der Waals surface area contributed by atoms with Gasteiger partial charge in [0.25, 0.3) is 0 Å². The second kappa shape index (κ2) is 5.58. The Hall–Kier alpha value is -1.32. The number of aryl methyl sites for hydroxylation is 2. The lowest BCUT2D eigenvalue weighted by molar-refractivity contribution is 0.912. The van der Waals surface area contributed by atoms with Crippen LogP contribution < -0.4 is 0 Å². The van der Waals surface area contributed by atoms with Gasteiger partial charge in [-0.2, -0.15) is 0 Å². The molecule has 0 bridgehead atoms. The van der Waals surface area contributed by atoms with E-state index in [-0.39, 0.29) is 0 Å². The van der Waals surface area contributed by atoms with E-state index >= 15 is 0 Å². The molecule has 0 aliphatic carbocycles. The number of nitrogens with zero attached hydrogens (tertiary/aromatic N) is 2. The summed E-state index contributed by atoms with van der Waals surface area (Å²) in [5, 5.41) is 0. The predicted octanol–water partition coefficient (Wildman–Crippen LogP) is 4.88. The van der Waals surface area contributed by atoms with Gasteiger partial charge in [0, 0.05) is 22.5 Å². The summed E-state index contributed by atoms with van der Waals surface area (Å²) in [4.78, 5) is 4.71. The lowest BCUT2D eigenvalue weighted by Gasteiger charge is -2.09. The maximum absolute atomic E-state index is 5.92. The molecule has 20 heavy (non-hydrogen) atoms. The maximum Gasteiger partial charge on any atom is 0.115 e. The van der Waals surface area contributed by atoms with E-state index in [1.807, 2.05) is 12.1 Å². The Kier molecular flexibility index (Phi) is 3.81. The minimum absolute atomic E-state index is 0.566. The van der Waals surface area contributed by atoms with Crippen LogP contribution in [0.1, 0.15) is 11.4 Å². The van der Waals surface area contributed by atoms with E-state index in [0.29, 0.717) is 5.88 Å². The first-order chi connectivity index (χ1) is 9.69. The van der Waals surface area contributed by atoms with Crippen LogP contribution in [0.3, 0.4) is 0 Å². The van der Waals surface area contributed by atoms with Gasteiger partial charge in [0.05, 0.1) is 11.0 Å². The zero-order chi connectivity index (χ0) is 14.1. The number of benzene rings is 2. The number of alkyl halides is 1. The van der Waals surface area contributed by atoms with E-state index in [9.17, 15) is 0 Å². The van der Waals surface area contributed by atoms with E-state index in [4.69, 9.17) is 16.6 Å². The SMILES string of the molecule is Cc1ccc(-n2c(CCCl)nc3cc(Br)ccc32)cc1. The minimum atomic E-state index is 0.566. The summed E-state index contributed by atoms with van der Waals surface area (Å²) in [6, 6.07) is 14.6. The monoisotopic (exact) mass is 348 g/mol. The number of hydrogen-bond donors (Lipinski definition) is 0. The lowest BCUT2D eigenvalue weighted by Crippen LogP contribution is -2.02. The van der Waals surface area contributed by atoms with Gasteiger partial charge in [0.15, 0.2) is 0 Å². The van der Waals surface area contributed by atoms with Gasteiger partial charge in [0.1, 0.15) is 5.82 Å². The Bertz CT molecular complexity index is 747. The van der Waals surface area contributed by atoms with Crippen molar-refractivity contribution in [2.75, 3.05) is 5.88 Å². The summed E-state index contributed by atoms with van der Waals surface area (Å²) < 4.78 is 3.22. The fourth-order valence-corrected chi connectivity index (χ4v) is 2.86. The van der Waals surface area contributed by atoms with Crippen LogP contribution in [0.15, 0.2) is 46.9 Å². The molecule has 0 atom stereocenters. The van der Waals surface area contributed by atoms with Crippen molar-refractivity contribution in [2.45, 2.75) is 13.3 Å². The molecular weight excluding hydrogens is 336 g/mol. The molecule has 4 heteroatoms. The van der Waals surface area contributed by atoms with E-state index < -0.39 is 0 Å². The highest BCUT2D eigenvalue weighted by Crippen LogP contribution is 2.25. The third kappa shape index (κ3) is 2.48. The smallest absolute Gasteiger partial charge is 0.115 e. The number of rotatable bonds is 3. The first-order valence-corrected chi connectivity index (χ1v) is 7.81. The van der Waals surface area contributed by atoms with Gasteiger partial charge in [-0.25, -0.2) is 4.98 Å². The quantitative estimate of drug-likeness (QED) is 0.616. The van der Waals surface area contributed by atoms with Crippen molar-refractivity contribution in [3.05, 3.63) is 58.3 Å². The largest absolute Gasteiger partial charge is 0.296 e. The maximum atomic E-state index is 5.92. The first-order valence-electron chi connectivity index (χ1n) is 6.49. The molecule has 0 amide bonds. The summed E-state index contributed by atoms with van der Waals surface area (Å²) in [6.07, 6.45) is 0.752. The standard InChI is InChI=1S/C16H14BrClN2/c1-11-2-5-13(6-3-11)20-15-7-4-12(17)10-14(15)19-16(20)8-9-18/h2-7,10H,8-9H2,1H3. The molecule has 0 aliphatic heterocycles. The average molecular weight is 350 g/mol. The van der Waals surface area contributed by atoms with Crippen LogP contribution in [0.2, 0.25) is 0 Å². The summed E-state index contributed by atoms with van der Waals surface area (Å²) >= 11 is 9.41. The predicted molar refractivity (Wildman–Crippen MR) is 87.9 cm³/mol. The van der Waals surface area contributed by atoms with Crippen LogP contribution in [0.5, 0.6) is 0 Å². The summed E-state index contributed by atoms with van der Waals surface area (Å²) in [7, 11) is 0. The number of halogens is 2. The van der Waals surface area contributed by atoms with Crippen molar-refractivity contribution in [3.8, 4) is 5.69 Å². The van der Waals surface area contributed by atoms with Crippen molar-refractivity contribution in [1.82, 2.24) is 9.55 Å². The zero-order valence-corrected chi connectivity index (χ0v) is 13.4. The van der Waals surface area contributed by atoms with Crippen LogP contribution in [-0.4, -0.2) is 15.4 Å². The Morgan fingerprint density at radius 3 is 2.60 bits per heavy atom. The van der Waals surface area contributed by atoms with Gasteiger partial charge in [-0.15, -0.1) is 11.6 Å². The highest BCUT2D eigenvalue weighted by Gasteiger charge is 2.12. The third-order valence-corrected chi connectivity index (χ3v) is 3.98. The van der Waals surface area contributed by atoms with Gasteiger partial charge >= 0.3 is 0 Å². The van der Waals surface area contributed by atoms with E-state index in [2.05, 4.69) is 57.8 Å². The molecule has 0 N–H and O–H groups in total. The third-order valence-electron chi connectivity index (χ3n) is 3.30. The van der Waals surface area contributed by atoms with Gasteiger partial charge < -0.3 is 0 Å². The summed E-state index contributed by atoms with van der Waals surface area (Å²) in [6.45, 7) is 2.09. The molecule has 3 rings (SSSR count). The Morgan fingerprint density at radius 1 is 1.15 bits per heavy atom. The molecule has 3 aromatic rings. The average Bonchev–Trinajstić information content (AvgIpc) is 2.77. The minimum Gasteiger partial charge on any atom is -0.296 e. The molecule has 0 radical (unpaired) electrons. The highest BCUT2D eigenvalue weighted by molar-refractivity contribution is 9.10. The molecule has 1 aromatic heterocycles. The van der Waals surface area contributed by atoms with Crippen molar-refractivity contribution < 1.29 is 0 Å². The molecule has 2 aromatic carbocycles. The topological polar surface area (TPSA) is 17.8 Å². The highest BCUT2D eigenvalue weighted by atomic mass is 79.9. The van der Waals surface area contributed by atoms with Gasteiger partial charge in [-0.05, 0) is 37.3 Å². The fraction of sp³-hybridized carbons (Fsp3) is 0.188. The van der Waals surface area contributed by atoms with Crippen molar-refractivity contribution in [3.63, 3.8) is 0 Å². The van der Waals surface area contributed by atoms with Crippen LogP contribution in [-0.2, 0) is 6.42 Å². The molecule has 0 unspecified atom stereocenters. The fourth-order valence-electron chi connectivity index (χ4n) is 2.34. The van der Waals surface area contributed by atoms with E-state index in [1.165, 1.54) is 5.56 Å². The zero-order valence-electron chi connectivity index (χ0n) is 11.1. The van der Waals surface area contributed by atoms with E-state index in [1.54, 1.807) is 0 Å². The van der Waals surface area contributed by atoms with Crippen LogP contribution in [0.25, 0.3) is 16.7 Å². The Balaban J connectivity index is 2.25. The number of imidazole rings is 1. The second-order valence-corrected chi connectivity index (χ2v) is 6.06. The van der Waals surface area contributed by atoms with Crippen LogP contribution >= 0.6 is 27.5 Å². The molecule has 0 aliphatic rings. The van der Waals surface area contributed by atoms with E-state index in [0.717, 1.165) is 33.4 Å². The van der Waals surface area contributed by atoms with Crippen molar-refractivity contribution in [2.24, 2.45) is 0 Å². The van der Waals surface area contributed by atoms with Gasteiger partial charge in [-0.1, -0.05) is 33.6 Å². The molecule has 0 saturated carbocycles. The molecule has 0 saturated heterocycles. The molecule has 2 nitrogen and oxygen atoms in total. The number of hydrogen-bond acceptors (Lipinski definition) is 1. The molecule has 1 heterocycles. The summed E-state index contributed by atoms with van der Waals surface area (Å²) in [5.41, 5.74) is 4.47. The molecule has 0 spiro atoms. The molecule has 102 valence electrons. The summed E-state index contributed by atoms with van der Waals surface area (Å²) in [5.74, 6) is 1.56. The molecule has 0 fully saturated rings. The second-order valence-electron chi connectivity index (χ2n) is 4.77. The van der Waals surface area contributed by atoms with Crippen LogP contribution in [0, 0.1) is 6.92 Å². The first kappa shape index (κ1) is 13.7. The Morgan fingerprint density at radius 2 is 1.90 bits per heavy atom. The van der Waals surface area contributed by atoms with Gasteiger partial charge in [0.2, 0.25) is 0 Å². The lowest BCUT2D eigenvalue weighted by atomic mass is 10.2. The number of fused-ring (bicyclic) bond motifs is 1. The molecular formula is C16H14BrClN2. The number of aromatic nitrogens is 2. The Labute approximate surface area is 131 Å². The van der Waals surface area contributed by atoms with Crippen LogP contribution in [0.4, 0.5) is 0 Å².